The molecule has 1 unspecified atom stereocenters. The quantitative estimate of drug-likeness (QED) is 0.804. The summed E-state index contributed by atoms with van der Waals surface area (Å²) in [6.07, 6.45) is 0. The molecule has 0 fully saturated rings. The van der Waals surface area contributed by atoms with E-state index >= 15 is 0 Å². The van der Waals surface area contributed by atoms with Crippen LogP contribution in [0, 0.1) is 18.6 Å². The molecular formula is C16H15Cl2F2N. The normalized spacial score (nSPS) is 12.5. The first-order valence-corrected chi connectivity index (χ1v) is 7.34. The summed E-state index contributed by atoms with van der Waals surface area (Å²) >= 11 is 12.4. The molecule has 2 rings (SSSR count). The molecule has 1 atom stereocenters. The van der Waals surface area contributed by atoms with Gasteiger partial charge in [-0.1, -0.05) is 42.3 Å². The van der Waals surface area contributed by atoms with Crippen LogP contribution < -0.4 is 5.32 Å². The van der Waals surface area contributed by atoms with Crippen LogP contribution in [0.15, 0.2) is 30.3 Å². The molecule has 2 aromatic carbocycles. The number of halogens is 4. The second-order valence-electron chi connectivity index (χ2n) is 4.72. The average molecular weight is 330 g/mol. The first-order chi connectivity index (χ1) is 9.97. The predicted molar refractivity (Wildman–Crippen MR) is 83.1 cm³/mol. The van der Waals surface area contributed by atoms with Gasteiger partial charge in [0.1, 0.15) is 11.6 Å². The van der Waals surface area contributed by atoms with Crippen molar-refractivity contribution in [3.63, 3.8) is 0 Å². The zero-order valence-corrected chi connectivity index (χ0v) is 13.2. The van der Waals surface area contributed by atoms with E-state index in [9.17, 15) is 8.78 Å². The molecule has 0 amide bonds. The number of nitrogens with one attached hydrogen (secondary N) is 1. The van der Waals surface area contributed by atoms with Gasteiger partial charge in [-0.2, -0.15) is 0 Å². The van der Waals surface area contributed by atoms with Gasteiger partial charge in [-0.25, -0.2) is 8.78 Å². The van der Waals surface area contributed by atoms with E-state index in [2.05, 4.69) is 5.32 Å². The summed E-state index contributed by atoms with van der Waals surface area (Å²) < 4.78 is 28.6. The second-order valence-corrected chi connectivity index (χ2v) is 5.53. The van der Waals surface area contributed by atoms with Crippen molar-refractivity contribution in [2.24, 2.45) is 0 Å². The average Bonchev–Trinajstić information content (AvgIpc) is 2.43. The van der Waals surface area contributed by atoms with Gasteiger partial charge in [-0.15, -0.1) is 0 Å². The second kappa shape index (κ2) is 6.73. The molecule has 0 aliphatic carbocycles. The Bertz CT molecular complexity index is 639. The maximum atomic E-state index is 14.4. The summed E-state index contributed by atoms with van der Waals surface area (Å²) in [7, 11) is 0. The summed E-state index contributed by atoms with van der Waals surface area (Å²) in [5.41, 5.74) is 0.787. The molecule has 21 heavy (non-hydrogen) atoms. The lowest BCUT2D eigenvalue weighted by Gasteiger charge is -2.23. The van der Waals surface area contributed by atoms with E-state index in [1.54, 1.807) is 25.1 Å². The van der Waals surface area contributed by atoms with Gasteiger partial charge in [-0.3, -0.25) is 0 Å². The Labute approximate surface area is 132 Å². The fraction of sp³-hybridized carbons (Fsp3) is 0.250. The molecule has 0 radical (unpaired) electrons. The van der Waals surface area contributed by atoms with Gasteiger partial charge in [0.2, 0.25) is 0 Å². The van der Waals surface area contributed by atoms with Gasteiger partial charge < -0.3 is 5.32 Å². The Hall–Kier alpha value is -1.16. The van der Waals surface area contributed by atoms with Crippen LogP contribution in [0.5, 0.6) is 0 Å². The first kappa shape index (κ1) is 16.2. The van der Waals surface area contributed by atoms with Crippen molar-refractivity contribution < 1.29 is 8.78 Å². The third-order valence-electron chi connectivity index (χ3n) is 3.30. The lowest BCUT2D eigenvalue weighted by atomic mass is 9.95. The molecule has 0 aliphatic rings. The van der Waals surface area contributed by atoms with Crippen LogP contribution in [0.2, 0.25) is 10.0 Å². The zero-order valence-electron chi connectivity index (χ0n) is 11.7. The van der Waals surface area contributed by atoms with Crippen LogP contribution in [0.3, 0.4) is 0 Å². The van der Waals surface area contributed by atoms with Crippen LogP contribution in [0.4, 0.5) is 8.78 Å². The molecule has 0 aromatic heterocycles. The summed E-state index contributed by atoms with van der Waals surface area (Å²) in [5, 5.41) is 3.80. The molecule has 1 nitrogen and oxygen atoms in total. The molecule has 0 saturated carbocycles. The Morgan fingerprint density at radius 1 is 1.05 bits per heavy atom. The molecule has 112 valence electrons. The Morgan fingerprint density at radius 2 is 1.67 bits per heavy atom. The first-order valence-electron chi connectivity index (χ1n) is 6.59. The minimum atomic E-state index is -0.740. The van der Waals surface area contributed by atoms with Gasteiger partial charge in [0.05, 0.1) is 6.04 Å². The summed E-state index contributed by atoms with van der Waals surface area (Å²) in [4.78, 5) is 0. The van der Waals surface area contributed by atoms with Crippen LogP contribution in [0.1, 0.15) is 29.7 Å². The van der Waals surface area contributed by atoms with Crippen LogP contribution >= 0.6 is 23.2 Å². The maximum Gasteiger partial charge on any atom is 0.134 e. The monoisotopic (exact) mass is 329 g/mol. The molecule has 0 saturated heterocycles. The SMILES string of the molecule is CCNC(c1c(Cl)cccc1Cl)c1c(F)ccc(C)c1F. The van der Waals surface area contributed by atoms with E-state index < -0.39 is 17.7 Å². The van der Waals surface area contributed by atoms with E-state index in [0.717, 1.165) is 0 Å². The lowest BCUT2D eigenvalue weighted by molar-refractivity contribution is 0.506. The van der Waals surface area contributed by atoms with Gasteiger partial charge in [0.25, 0.3) is 0 Å². The van der Waals surface area contributed by atoms with Crippen molar-refractivity contribution in [3.05, 3.63) is 68.7 Å². The highest BCUT2D eigenvalue weighted by Gasteiger charge is 2.26. The molecule has 5 heteroatoms. The fourth-order valence-electron chi connectivity index (χ4n) is 2.28. The largest absolute Gasteiger partial charge is 0.306 e. The van der Waals surface area contributed by atoms with Crippen molar-refractivity contribution in [3.8, 4) is 0 Å². The van der Waals surface area contributed by atoms with Gasteiger partial charge >= 0.3 is 0 Å². The molecule has 0 spiro atoms. The van der Waals surface area contributed by atoms with Crippen molar-refractivity contribution in [1.29, 1.82) is 0 Å². The van der Waals surface area contributed by atoms with Crippen molar-refractivity contribution >= 4 is 23.2 Å². The number of benzene rings is 2. The highest BCUT2D eigenvalue weighted by Crippen LogP contribution is 2.36. The van der Waals surface area contributed by atoms with E-state index in [4.69, 9.17) is 23.2 Å². The number of hydrogen-bond acceptors (Lipinski definition) is 1. The summed E-state index contributed by atoms with van der Waals surface area (Å²) in [6.45, 7) is 3.96. The number of hydrogen-bond donors (Lipinski definition) is 1. The minimum absolute atomic E-state index is 0.0631. The molecule has 0 heterocycles. The molecular weight excluding hydrogens is 315 g/mol. The number of aryl methyl sites for hydroxylation is 1. The highest BCUT2D eigenvalue weighted by molar-refractivity contribution is 6.36. The van der Waals surface area contributed by atoms with Crippen molar-refractivity contribution in [2.75, 3.05) is 6.54 Å². The van der Waals surface area contributed by atoms with Crippen molar-refractivity contribution in [2.45, 2.75) is 19.9 Å². The van der Waals surface area contributed by atoms with E-state index in [1.807, 2.05) is 6.92 Å². The van der Waals surface area contributed by atoms with Crippen LogP contribution in [-0.2, 0) is 0 Å². The van der Waals surface area contributed by atoms with Gasteiger partial charge in [-0.05, 0) is 37.2 Å². The van der Waals surface area contributed by atoms with Crippen LogP contribution in [-0.4, -0.2) is 6.54 Å². The zero-order chi connectivity index (χ0) is 15.6. The fourth-order valence-corrected chi connectivity index (χ4v) is 2.90. The Balaban J connectivity index is 2.68. The molecule has 2 aromatic rings. The van der Waals surface area contributed by atoms with E-state index in [0.29, 0.717) is 27.7 Å². The molecule has 0 aliphatic heterocycles. The maximum absolute atomic E-state index is 14.4. The van der Waals surface area contributed by atoms with Crippen molar-refractivity contribution in [1.82, 2.24) is 5.32 Å². The lowest BCUT2D eigenvalue weighted by Crippen LogP contribution is -2.25. The van der Waals surface area contributed by atoms with E-state index in [1.165, 1.54) is 12.1 Å². The minimum Gasteiger partial charge on any atom is -0.306 e. The van der Waals surface area contributed by atoms with Gasteiger partial charge in [0.15, 0.2) is 0 Å². The Kier molecular flexibility index (Phi) is 5.20. The smallest absolute Gasteiger partial charge is 0.134 e. The third-order valence-corrected chi connectivity index (χ3v) is 3.96. The summed E-state index contributed by atoms with van der Waals surface area (Å²) in [5.74, 6) is -1.21. The standard InChI is InChI=1S/C16H15Cl2F2N/c1-3-21-16(13-10(17)5-4-6-11(13)18)14-12(19)8-7-9(2)15(14)20/h4-8,16,21H,3H2,1-2H3. The van der Waals surface area contributed by atoms with Gasteiger partial charge in [0, 0.05) is 21.2 Å². The van der Waals surface area contributed by atoms with E-state index in [-0.39, 0.29) is 5.56 Å². The molecule has 0 bridgehead atoms. The predicted octanol–water partition coefficient (Wildman–Crippen LogP) is 5.28. The Morgan fingerprint density at radius 3 is 2.24 bits per heavy atom. The highest BCUT2D eigenvalue weighted by atomic mass is 35.5. The van der Waals surface area contributed by atoms with Crippen LogP contribution in [0.25, 0.3) is 0 Å². The topological polar surface area (TPSA) is 12.0 Å². The molecule has 1 N–H and O–H groups in total. The third kappa shape index (κ3) is 3.20. The number of rotatable bonds is 4. The summed E-state index contributed by atoms with van der Waals surface area (Å²) in [6, 6.07) is 6.92.